The fourth-order valence-electron chi connectivity index (χ4n) is 5.11. The minimum Gasteiger partial charge on any atom is -0.380 e. The Bertz CT molecular complexity index is 1300. The van der Waals surface area contributed by atoms with Gasteiger partial charge in [-0.2, -0.15) is 0 Å². The van der Waals surface area contributed by atoms with Gasteiger partial charge in [-0.15, -0.1) is 0 Å². The highest BCUT2D eigenvalue weighted by molar-refractivity contribution is 5.83. The highest BCUT2D eigenvalue weighted by Crippen LogP contribution is 2.20. The number of pyridine rings is 1. The third-order valence-electron chi connectivity index (χ3n) is 7.52. The Kier molecular flexibility index (Phi) is 10.8. The van der Waals surface area contributed by atoms with Crippen LogP contribution in [-0.4, -0.2) is 66.1 Å². The van der Waals surface area contributed by atoms with E-state index >= 15 is 0 Å². The van der Waals surface area contributed by atoms with Crippen LogP contribution in [0.4, 0.5) is 11.6 Å². The third-order valence-corrected chi connectivity index (χ3v) is 7.52. The zero-order chi connectivity index (χ0) is 28.3. The summed E-state index contributed by atoms with van der Waals surface area (Å²) < 4.78 is 6.38. The first-order valence-electron chi connectivity index (χ1n) is 14.4. The molecule has 4 rings (SSSR count). The number of carbonyl (C=O) groups is 1. The van der Waals surface area contributed by atoms with E-state index in [0.29, 0.717) is 24.5 Å². The molecule has 0 amide bonds. The number of nitrogens with zero attached hydrogens (tertiary/aromatic N) is 3. The van der Waals surface area contributed by atoms with Crippen LogP contribution in [0.3, 0.4) is 0 Å². The number of aromatic nitrogens is 3. The molecule has 3 aromatic rings. The van der Waals surface area contributed by atoms with Gasteiger partial charge >= 0.3 is 5.82 Å². The van der Waals surface area contributed by atoms with E-state index in [4.69, 9.17) is 9.72 Å². The van der Waals surface area contributed by atoms with Crippen molar-refractivity contribution in [3.63, 3.8) is 0 Å². The summed E-state index contributed by atoms with van der Waals surface area (Å²) in [4.78, 5) is 35.9. The second-order valence-electron chi connectivity index (χ2n) is 10.6. The number of rotatable bonds is 15. The molecule has 1 aliphatic rings. The van der Waals surface area contributed by atoms with E-state index in [9.17, 15) is 9.70 Å². The summed E-state index contributed by atoms with van der Waals surface area (Å²) in [5.41, 5.74) is 3.74. The lowest BCUT2D eigenvalue weighted by molar-refractivity contribution is -0.466. The summed E-state index contributed by atoms with van der Waals surface area (Å²) in [6, 6.07) is 13.4. The summed E-state index contributed by atoms with van der Waals surface area (Å²) in [5.74, 6) is 1.37. The van der Waals surface area contributed by atoms with Crippen molar-refractivity contribution in [2.75, 3.05) is 43.9 Å². The predicted octanol–water partition coefficient (Wildman–Crippen LogP) is 4.47. The van der Waals surface area contributed by atoms with Crippen molar-refractivity contribution < 1.29 is 14.0 Å². The molecule has 0 fully saturated rings. The van der Waals surface area contributed by atoms with Gasteiger partial charge in [0.2, 0.25) is 5.69 Å². The number of methoxy groups -OCH3 is 1. The number of benzene rings is 1. The number of carbonyl (C=O) groups excluding carboxylic acids is 1. The van der Waals surface area contributed by atoms with E-state index in [1.807, 2.05) is 30.3 Å². The Morgan fingerprint density at radius 1 is 1.15 bits per heavy atom. The van der Waals surface area contributed by atoms with Crippen molar-refractivity contribution in [1.29, 1.82) is 0 Å². The van der Waals surface area contributed by atoms with Crippen molar-refractivity contribution in [3.8, 4) is 11.3 Å². The molecule has 9 heteroatoms. The molecule has 9 nitrogen and oxygen atoms in total. The van der Waals surface area contributed by atoms with Gasteiger partial charge in [-0.05, 0) is 64.1 Å². The van der Waals surface area contributed by atoms with Crippen LogP contribution in [0.25, 0.3) is 11.3 Å². The summed E-state index contributed by atoms with van der Waals surface area (Å²) >= 11 is 0. The number of H-pyrrole nitrogens is 1. The molecular weight excluding hydrogens is 504 g/mol. The SMILES string of the molecule is CO[C@H](C)CN(CCCCc1ccc2c(n1)NCCC2)CC[C@@H](Nc1c[nH]cc(-c2ccccc2)[n+]1=O)C(C)=O. The first-order valence-corrected chi connectivity index (χ1v) is 14.4. The van der Waals surface area contributed by atoms with E-state index in [2.05, 4.69) is 39.6 Å². The van der Waals surface area contributed by atoms with E-state index in [1.54, 1.807) is 26.4 Å². The quantitative estimate of drug-likeness (QED) is 0.190. The lowest BCUT2D eigenvalue weighted by Crippen LogP contribution is -2.39. The summed E-state index contributed by atoms with van der Waals surface area (Å²) in [6.45, 7) is 7.02. The van der Waals surface area contributed by atoms with Gasteiger partial charge in [0.05, 0.1) is 18.5 Å². The van der Waals surface area contributed by atoms with Gasteiger partial charge in [-0.25, -0.2) is 4.98 Å². The lowest BCUT2D eigenvalue weighted by Gasteiger charge is -2.26. The van der Waals surface area contributed by atoms with Crippen LogP contribution in [-0.2, 0) is 22.4 Å². The largest absolute Gasteiger partial charge is 0.380 e. The Morgan fingerprint density at radius 2 is 1.98 bits per heavy atom. The number of ether oxygens (including phenoxy) is 1. The van der Waals surface area contributed by atoms with Crippen molar-refractivity contribution in [2.45, 2.75) is 64.5 Å². The third kappa shape index (κ3) is 8.22. The number of fused-ring (bicyclic) bond motifs is 1. The van der Waals surface area contributed by atoms with Gasteiger partial charge in [0.1, 0.15) is 5.82 Å². The van der Waals surface area contributed by atoms with Crippen molar-refractivity contribution >= 4 is 17.4 Å². The average Bonchev–Trinajstić information content (AvgIpc) is 2.98. The minimum absolute atomic E-state index is 0.00283. The molecule has 0 bridgehead atoms. The van der Waals surface area contributed by atoms with Crippen LogP contribution in [0, 0.1) is 4.91 Å². The van der Waals surface area contributed by atoms with E-state index < -0.39 is 6.04 Å². The van der Waals surface area contributed by atoms with Crippen LogP contribution in [0.2, 0.25) is 0 Å². The van der Waals surface area contributed by atoms with Crippen molar-refractivity contribution in [1.82, 2.24) is 14.9 Å². The zero-order valence-corrected chi connectivity index (χ0v) is 24.0. The molecule has 0 radical (unpaired) electrons. The molecule has 0 spiro atoms. The average molecular weight is 548 g/mol. The van der Waals surface area contributed by atoms with E-state index in [0.717, 1.165) is 66.8 Å². The smallest absolute Gasteiger partial charge is 0.336 e. The number of ketones is 1. The number of Topliss-reactive ketones (excluding diaryl/α,β-unsaturated/α-hetero) is 1. The standard InChI is InChI=1S/C31H43N6O3/c1-23(40-3)22-36(18-8-7-13-27-15-14-26-12-9-17-33-31(26)34-27)19-16-28(24(2)38)35-30-21-32-20-29(37(30)39)25-10-5-4-6-11-25/h4-6,10-11,14-15,20-21,23,28,35H,7-9,12-13,16-19,22H2,1-3H3,(H,32,39)(H,33,34)/q+1/t23-,28-/m1/s1. The topological polar surface area (TPSA) is 105 Å². The zero-order valence-electron chi connectivity index (χ0n) is 24.0. The number of unbranched alkanes of at least 4 members (excludes halogenated alkanes) is 1. The molecule has 2 aromatic heterocycles. The Balaban J connectivity index is 1.34. The van der Waals surface area contributed by atoms with Gasteiger partial charge < -0.3 is 19.9 Å². The molecule has 0 aliphatic carbocycles. The van der Waals surface area contributed by atoms with Gasteiger partial charge in [-0.3, -0.25) is 10.1 Å². The van der Waals surface area contributed by atoms with Gasteiger partial charge in [-0.1, -0.05) is 41.3 Å². The van der Waals surface area contributed by atoms with Crippen molar-refractivity contribution in [2.24, 2.45) is 0 Å². The molecule has 3 N–H and O–H groups in total. The van der Waals surface area contributed by atoms with E-state index in [1.165, 1.54) is 12.0 Å². The number of hydrogen-bond acceptors (Lipinski definition) is 7. The van der Waals surface area contributed by atoms with Crippen LogP contribution < -0.4 is 15.1 Å². The highest BCUT2D eigenvalue weighted by Gasteiger charge is 2.24. The monoisotopic (exact) mass is 547 g/mol. The second kappa shape index (κ2) is 14.7. The molecule has 1 aliphatic heterocycles. The van der Waals surface area contributed by atoms with Gasteiger partial charge in [0.25, 0.3) is 0 Å². The number of hydrogen-bond donors (Lipinski definition) is 3. The second-order valence-corrected chi connectivity index (χ2v) is 10.6. The van der Waals surface area contributed by atoms with Crippen LogP contribution >= 0.6 is 0 Å². The molecule has 1 aromatic carbocycles. The van der Waals surface area contributed by atoms with Gasteiger partial charge in [0, 0.05) is 48.8 Å². The maximum absolute atomic E-state index is 13.1. The van der Waals surface area contributed by atoms with Crippen molar-refractivity contribution in [3.05, 3.63) is 71.0 Å². The molecule has 2 atom stereocenters. The highest BCUT2D eigenvalue weighted by atomic mass is 16.5. The Morgan fingerprint density at radius 3 is 2.75 bits per heavy atom. The molecule has 214 valence electrons. The number of aromatic amines is 1. The molecule has 0 saturated heterocycles. The normalized spacial score (nSPS) is 14.3. The van der Waals surface area contributed by atoms with Crippen LogP contribution in [0.5, 0.6) is 0 Å². The molecule has 0 saturated carbocycles. The molecular formula is C31H43N6O3+. The maximum atomic E-state index is 13.1. The fourth-order valence-corrected chi connectivity index (χ4v) is 5.11. The molecule has 40 heavy (non-hydrogen) atoms. The van der Waals surface area contributed by atoms with E-state index in [-0.39, 0.29) is 11.9 Å². The number of nitrogens with one attached hydrogen (secondary N) is 3. The summed E-state index contributed by atoms with van der Waals surface area (Å²) in [6.07, 6.45) is 9.20. The number of anilines is 2. The fraction of sp³-hybridized carbons (Fsp3) is 0.484. The minimum atomic E-state index is -0.479. The van der Waals surface area contributed by atoms with Crippen LogP contribution in [0.1, 0.15) is 50.8 Å². The molecule has 0 unspecified atom stereocenters. The van der Waals surface area contributed by atoms with Crippen LogP contribution in [0.15, 0.2) is 54.9 Å². The lowest BCUT2D eigenvalue weighted by atomic mass is 10.1. The Labute approximate surface area is 237 Å². The predicted molar refractivity (Wildman–Crippen MR) is 159 cm³/mol. The summed E-state index contributed by atoms with van der Waals surface area (Å²) in [5, 5.41) is 6.61. The summed E-state index contributed by atoms with van der Waals surface area (Å²) in [7, 11) is 1.72. The Hall–Kier alpha value is -3.56. The maximum Gasteiger partial charge on any atom is 0.336 e. The first kappa shape index (κ1) is 29.4. The number of aryl methyl sites for hydroxylation is 2. The first-order chi connectivity index (χ1) is 19.4. The van der Waals surface area contributed by atoms with Gasteiger partial charge in [0.15, 0.2) is 11.8 Å². The molecule has 3 heterocycles.